The molecular weight excluding hydrogens is 395 g/mol. The first-order chi connectivity index (χ1) is 13.8. The molecule has 0 radical (unpaired) electrons. The van der Waals surface area contributed by atoms with Crippen LogP contribution in [0.4, 0.5) is 4.39 Å². The molecule has 156 valence electrons. The van der Waals surface area contributed by atoms with E-state index < -0.39 is 21.7 Å². The highest BCUT2D eigenvalue weighted by Gasteiger charge is 2.28. The Kier molecular flexibility index (Phi) is 6.66. The Morgan fingerprint density at radius 2 is 1.83 bits per heavy atom. The summed E-state index contributed by atoms with van der Waals surface area (Å²) in [5.41, 5.74) is 1.72. The van der Waals surface area contributed by atoms with Crippen LogP contribution in [-0.4, -0.2) is 44.9 Å². The summed E-state index contributed by atoms with van der Waals surface area (Å²) >= 11 is 0. The molecule has 2 aromatic rings. The Morgan fingerprint density at radius 3 is 2.45 bits per heavy atom. The molecular formula is C21H25FN2O4S. The molecule has 0 aliphatic carbocycles. The maximum Gasteiger partial charge on any atom is 0.254 e. The minimum absolute atomic E-state index is 0.102. The molecule has 0 aromatic heterocycles. The van der Waals surface area contributed by atoms with Gasteiger partial charge in [0.2, 0.25) is 10.0 Å². The van der Waals surface area contributed by atoms with E-state index in [1.807, 2.05) is 38.1 Å². The molecule has 1 saturated heterocycles. The van der Waals surface area contributed by atoms with Gasteiger partial charge in [-0.1, -0.05) is 36.8 Å². The number of aryl methyl sites for hydroxylation is 1. The lowest BCUT2D eigenvalue weighted by Crippen LogP contribution is -2.40. The maximum atomic E-state index is 14.4. The van der Waals surface area contributed by atoms with Gasteiger partial charge >= 0.3 is 0 Å². The number of sulfonamides is 1. The number of nitrogens with zero attached hydrogens (tertiary/aromatic N) is 1. The summed E-state index contributed by atoms with van der Waals surface area (Å²) in [6.45, 7) is 4.96. The van der Waals surface area contributed by atoms with Crippen molar-refractivity contribution in [3.8, 4) is 0 Å². The third-order valence-electron chi connectivity index (χ3n) is 4.98. The van der Waals surface area contributed by atoms with Gasteiger partial charge in [0.1, 0.15) is 5.82 Å². The Hall–Kier alpha value is -2.29. The second-order valence-corrected chi connectivity index (χ2v) is 8.94. The van der Waals surface area contributed by atoms with E-state index in [9.17, 15) is 17.6 Å². The Labute approximate surface area is 170 Å². The van der Waals surface area contributed by atoms with E-state index in [0.717, 1.165) is 23.3 Å². The smallest absolute Gasteiger partial charge is 0.254 e. The fourth-order valence-electron chi connectivity index (χ4n) is 3.23. The number of morpholine rings is 1. The number of halogens is 1. The highest BCUT2D eigenvalue weighted by Crippen LogP contribution is 2.22. The van der Waals surface area contributed by atoms with Crippen molar-refractivity contribution < 1.29 is 22.3 Å². The van der Waals surface area contributed by atoms with Gasteiger partial charge in [0.25, 0.3) is 5.91 Å². The largest absolute Gasteiger partial charge is 0.379 e. The van der Waals surface area contributed by atoms with Gasteiger partial charge < -0.3 is 10.1 Å². The minimum atomic E-state index is -3.82. The van der Waals surface area contributed by atoms with Crippen molar-refractivity contribution in [2.75, 3.05) is 26.3 Å². The van der Waals surface area contributed by atoms with E-state index in [1.165, 1.54) is 10.4 Å². The van der Waals surface area contributed by atoms with Gasteiger partial charge in [0, 0.05) is 13.1 Å². The summed E-state index contributed by atoms with van der Waals surface area (Å²) in [7, 11) is -3.82. The average Bonchev–Trinajstić information content (AvgIpc) is 2.73. The molecule has 8 heteroatoms. The van der Waals surface area contributed by atoms with E-state index >= 15 is 0 Å². The van der Waals surface area contributed by atoms with Crippen LogP contribution >= 0.6 is 0 Å². The van der Waals surface area contributed by atoms with E-state index in [4.69, 9.17) is 4.74 Å². The minimum Gasteiger partial charge on any atom is -0.379 e. The van der Waals surface area contributed by atoms with Crippen LogP contribution in [0, 0.1) is 12.7 Å². The van der Waals surface area contributed by atoms with Gasteiger partial charge in [-0.3, -0.25) is 4.79 Å². The lowest BCUT2D eigenvalue weighted by molar-refractivity contribution is 0.0730. The standard InChI is InChI=1S/C21H25FN2O4S/c1-3-20(16-6-4-15(2)5-7-16)23-21(25)18-14-17(8-9-19(18)22)29(26,27)24-10-12-28-13-11-24/h4-9,14,20H,3,10-13H2,1-2H3,(H,23,25). The number of amides is 1. The molecule has 3 rings (SSSR count). The number of hydrogen-bond donors (Lipinski definition) is 1. The molecule has 2 aromatic carbocycles. The van der Waals surface area contributed by atoms with Gasteiger partial charge in [-0.15, -0.1) is 0 Å². The van der Waals surface area contributed by atoms with Crippen molar-refractivity contribution in [2.24, 2.45) is 0 Å². The lowest BCUT2D eigenvalue weighted by Gasteiger charge is -2.26. The molecule has 6 nitrogen and oxygen atoms in total. The fraction of sp³-hybridized carbons (Fsp3) is 0.381. The van der Waals surface area contributed by atoms with Gasteiger partial charge in [-0.05, 0) is 37.1 Å². The highest BCUT2D eigenvalue weighted by molar-refractivity contribution is 7.89. The summed E-state index contributed by atoms with van der Waals surface area (Å²) < 4.78 is 46.5. The van der Waals surface area contributed by atoms with Gasteiger partial charge in [0.05, 0.1) is 29.7 Å². The van der Waals surface area contributed by atoms with Crippen LogP contribution in [-0.2, 0) is 14.8 Å². The predicted molar refractivity (Wildman–Crippen MR) is 108 cm³/mol. The zero-order chi connectivity index (χ0) is 21.0. The zero-order valence-electron chi connectivity index (χ0n) is 16.5. The molecule has 1 unspecified atom stereocenters. The lowest BCUT2D eigenvalue weighted by atomic mass is 10.0. The van der Waals surface area contributed by atoms with Crippen molar-refractivity contribution in [3.05, 3.63) is 65.0 Å². The van der Waals surface area contributed by atoms with Crippen LogP contribution in [0.15, 0.2) is 47.4 Å². The van der Waals surface area contributed by atoms with Gasteiger partial charge in [-0.2, -0.15) is 4.31 Å². The van der Waals surface area contributed by atoms with Crippen LogP contribution in [0.3, 0.4) is 0 Å². The molecule has 0 spiro atoms. The molecule has 0 saturated carbocycles. The number of ether oxygens (including phenoxy) is 1. The number of rotatable bonds is 6. The number of nitrogens with one attached hydrogen (secondary N) is 1. The topological polar surface area (TPSA) is 75.7 Å². The Balaban J connectivity index is 1.85. The van der Waals surface area contributed by atoms with Crippen molar-refractivity contribution in [2.45, 2.75) is 31.2 Å². The van der Waals surface area contributed by atoms with Crippen molar-refractivity contribution in [1.29, 1.82) is 0 Å². The molecule has 1 fully saturated rings. The van der Waals surface area contributed by atoms with Crippen LogP contribution < -0.4 is 5.32 Å². The number of carbonyl (C=O) groups excluding carboxylic acids is 1. The molecule has 1 aliphatic heterocycles. The molecule has 1 amide bonds. The van der Waals surface area contributed by atoms with E-state index in [0.29, 0.717) is 19.6 Å². The molecule has 1 atom stereocenters. The predicted octanol–water partition coefficient (Wildman–Crippen LogP) is 3.04. The molecule has 0 bridgehead atoms. The summed E-state index contributed by atoms with van der Waals surface area (Å²) in [6, 6.07) is 10.7. The van der Waals surface area contributed by atoms with Gasteiger partial charge in [0.15, 0.2) is 0 Å². The van der Waals surface area contributed by atoms with Crippen molar-refractivity contribution in [3.63, 3.8) is 0 Å². The van der Waals surface area contributed by atoms with Crippen molar-refractivity contribution >= 4 is 15.9 Å². The zero-order valence-corrected chi connectivity index (χ0v) is 17.3. The summed E-state index contributed by atoms with van der Waals surface area (Å²) in [5.74, 6) is -1.41. The average molecular weight is 421 g/mol. The van der Waals surface area contributed by atoms with Crippen LogP contribution in [0.1, 0.15) is 40.9 Å². The van der Waals surface area contributed by atoms with E-state index in [-0.39, 0.29) is 29.6 Å². The SMILES string of the molecule is CCC(NC(=O)c1cc(S(=O)(=O)N2CCOCC2)ccc1F)c1ccc(C)cc1. The second kappa shape index (κ2) is 9.02. The number of benzene rings is 2. The van der Waals surface area contributed by atoms with Crippen molar-refractivity contribution in [1.82, 2.24) is 9.62 Å². The van der Waals surface area contributed by atoms with Crippen LogP contribution in [0.5, 0.6) is 0 Å². The first-order valence-corrected chi connectivity index (χ1v) is 11.0. The van der Waals surface area contributed by atoms with E-state index in [2.05, 4.69) is 5.32 Å². The fourth-order valence-corrected chi connectivity index (χ4v) is 4.67. The van der Waals surface area contributed by atoms with Gasteiger partial charge in [-0.25, -0.2) is 12.8 Å². The van der Waals surface area contributed by atoms with Crippen LogP contribution in [0.25, 0.3) is 0 Å². The third-order valence-corrected chi connectivity index (χ3v) is 6.88. The Morgan fingerprint density at radius 1 is 1.17 bits per heavy atom. The molecule has 29 heavy (non-hydrogen) atoms. The summed E-state index contributed by atoms with van der Waals surface area (Å²) in [6.07, 6.45) is 0.613. The first kappa shape index (κ1) is 21.4. The Bertz CT molecular complexity index is 971. The normalized spacial score (nSPS) is 16.4. The second-order valence-electron chi connectivity index (χ2n) is 7.00. The van der Waals surface area contributed by atoms with E-state index in [1.54, 1.807) is 0 Å². The molecule has 1 heterocycles. The maximum absolute atomic E-state index is 14.4. The molecule has 1 aliphatic rings. The molecule has 1 N–H and O–H groups in total. The summed E-state index contributed by atoms with van der Waals surface area (Å²) in [4.78, 5) is 12.6. The number of carbonyl (C=O) groups is 1. The third kappa shape index (κ3) is 4.83. The highest BCUT2D eigenvalue weighted by atomic mass is 32.2. The number of hydrogen-bond acceptors (Lipinski definition) is 4. The summed E-state index contributed by atoms with van der Waals surface area (Å²) in [5, 5.41) is 2.81. The monoisotopic (exact) mass is 420 g/mol. The quantitative estimate of drug-likeness (QED) is 0.779. The van der Waals surface area contributed by atoms with Crippen LogP contribution in [0.2, 0.25) is 0 Å². The first-order valence-electron chi connectivity index (χ1n) is 9.58.